The van der Waals surface area contributed by atoms with Crippen LogP contribution in [-0.4, -0.2) is 24.1 Å². The first-order valence-electron chi connectivity index (χ1n) is 5.76. The molecule has 1 aromatic heterocycles. The van der Waals surface area contributed by atoms with Gasteiger partial charge >= 0.3 is 0 Å². The Labute approximate surface area is 109 Å². The minimum absolute atomic E-state index is 0.0658. The molecule has 0 atom stereocenters. The highest BCUT2D eigenvalue weighted by Gasteiger charge is 2.17. The summed E-state index contributed by atoms with van der Waals surface area (Å²) in [4.78, 5) is 11.9. The zero-order chi connectivity index (χ0) is 12.5. The maximum atomic E-state index is 11.9. The summed E-state index contributed by atoms with van der Waals surface area (Å²) in [6.07, 6.45) is -0.344. The molecule has 1 saturated heterocycles. The zero-order valence-corrected chi connectivity index (χ0v) is 10.4. The topological polar surface area (TPSA) is 40.5 Å². The molecule has 0 aliphatic carbocycles. The van der Waals surface area contributed by atoms with Gasteiger partial charge in [-0.3, -0.25) is 4.79 Å². The number of hydrogen-bond acceptors (Lipinski definition) is 3. The second-order valence-corrected chi connectivity index (χ2v) is 4.59. The SMILES string of the molecule is O=c1ccc2cc(Cl)ccc2n1CC1OCCO1. The van der Waals surface area contributed by atoms with Gasteiger partial charge in [0.2, 0.25) is 0 Å². The summed E-state index contributed by atoms with van der Waals surface area (Å²) in [5, 5.41) is 1.58. The van der Waals surface area contributed by atoms with E-state index < -0.39 is 0 Å². The molecular formula is C13H12ClNO3. The summed E-state index contributed by atoms with van der Waals surface area (Å²) in [6, 6.07) is 8.76. The number of hydrogen-bond donors (Lipinski definition) is 0. The Hall–Kier alpha value is -1.36. The van der Waals surface area contributed by atoms with Crippen LogP contribution in [0.2, 0.25) is 5.02 Å². The minimum atomic E-state index is -0.344. The van der Waals surface area contributed by atoms with Crippen LogP contribution in [0.5, 0.6) is 0 Å². The van der Waals surface area contributed by atoms with E-state index in [1.165, 1.54) is 6.07 Å². The van der Waals surface area contributed by atoms with Crippen LogP contribution >= 0.6 is 11.6 Å². The monoisotopic (exact) mass is 265 g/mol. The quantitative estimate of drug-likeness (QED) is 0.834. The molecule has 0 N–H and O–H groups in total. The predicted molar refractivity (Wildman–Crippen MR) is 68.9 cm³/mol. The Bertz CT molecular complexity index is 632. The van der Waals surface area contributed by atoms with Crippen LogP contribution in [0, 0.1) is 0 Å². The average molecular weight is 266 g/mol. The molecule has 0 amide bonds. The Kier molecular flexibility index (Phi) is 3.07. The molecule has 2 aromatic rings. The zero-order valence-electron chi connectivity index (χ0n) is 9.64. The van der Waals surface area contributed by atoms with E-state index >= 15 is 0 Å². The Morgan fingerprint density at radius 2 is 2.00 bits per heavy atom. The molecule has 1 aromatic carbocycles. The molecule has 2 heterocycles. The smallest absolute Gasteiger partial charge is 0.251 e. The van der Waals surface area contributed by atoms with Crippen LogP contribution in [0.1, 0.15) is 0 Å². The first-order valence-corrected chi connectivity index (χ1v) is 6.14. The second kappa shape index (κ2) is 4.72. The molecule has 0 unspecified atom stereocenters. The number of aromatic nitrogens is 1. The summed E-state index contributed by atoms with van der Waals surface area (Å²) < 4.78 is 12.4. The Morgan fingerprint density at radius 3 is 2.78 bits per heavy atom. The minimum Gasteiger partial charge on any atom is -0.348 e. The normalized spacial score (nSPS) is 16.5. The fourth-order valence-corrected chi connectivity index (χ4v) is 2.31. The van der Waals surface area contributed by atoms with Crippen molar-refractivity contribution in [2.45, 2.75) is 12.8 Å². The summed E-state index contributed by atoms with van der Waals surface area (Å²) in [7, 11) is 0. The van der Waals surface area contributed by atoms with E-state index in [9.17, 15) is 4.79 Å². The van der Waals surface area contributed by atoms with Crippen molar-refractivity contribution in [3.8, 4) is 0 Å². The molecule has 3 rings (SSSR count). The maximum Gasteiger partial charge on any atom is 0.251 e. The molecule has 1 aliphatic heterocycles. The molecule has 18 heavy (non-hydrogen) atoms. The van der Waals surface area contributed by atoms with E-state index in [1.807, 2.05) is 12.1 Å². The van der Waals surface area contributed by atoms with Crippen molar-refractivity contribution in [1.82, 2.24) is 4.57 Å². The lowest BCUT2D eigenvalue weighted by Gasteiger charge is -2.14. The number of pyridine rings is 1. The first kappa shape index (κ1) is 11.7. The van der Waals surface area contributed by atoms with Crippen molar-refractivity contribution in [3.63, 3.8) is 0 Å². The van der Waals surface area contributed by atoms with Gasteiger partial charge in [-0.25, -0.2) is 0 Å². The molecule has 1 fully saturated rings. The van der Waals surface area contributed by atoms with Crippen molar-refractivity contribution in [2.24, 2.45) is 0 Å². The van der Waals surface area contributed by atoms with E-state index in [2.05, 4.69) is 0 Å². The standard InChI is InChI=1S/C13H12ClNO3/c14-10-2-3-11-9(7-10)1-4-12(16)15(11)8-13-17-5-6-18-13/h1-4,7,13H,5-6,8H2. The lowest BCUT2D eigenvalue weighted by atomic mass is 10.2. The largest absolute Gasteiger partial charge is 0.348 e. The number of benzene rings is 1. The van der Waals surface area contributed by atoms with Gasteiger partial charge in [0.05, 0.1) is 25.3 Å². The third-order valence-electron chi connectivity index (χ3n) is 2.97. The van der Waals surface area contributed by atoms with Crippen LogP contribution in [0.25, 0.3) is 10.9 Å². The molecular weight excluding hydrogens is 254 g/mol. The molecule has 1 aliphatic rings. The van der Waals surface area contributed by atoms with E-state index in [0.29, 0.717) is 24.8 Å². The number of nitrogens with zero attached hydrogens (tertiary/aromatic N) is 1. The third kappa shape index (κ3) is 2.14. The van der Waals surface area contributed by atoms with E-state index in [-0.39, 0.29) is 11.8 Å². The second-order valence-electron chi connectivity index (χ2n) is 4.16. The fourth-order valence-electron chi connectivity index (χ4n) is 2.12. The lowest BCUT2D eigenvalue weighted by Crippen LogP contribution is -2.26. The lowest BCUT2D eigenvalue weighted by molar-refractivity contribution is -0.0522. The van der Waals surface area contributed by atoms with Crippen LogP contribution in [0.3, 0.4) is 0 Å². The highest BCUT2D eigenvalue weighted by Crippen LogP contribution is 2.18. The summed E-state index contributed by atoms with van der Waals surface area (Å²) in [5.41, 5.74) is 0.773. The van der Waals surface area contributed by atoms with Crippen LogP contribution in [-0.2, 0) is 16.0 Å². The van der Waals surface area contributed by atoms with Gasteiger partial charge in [-0.2, -0.15) is 0 Å². The van der Waals surface area contributed by atoms with E-state index in [4.69, 9.17) is 21.1 Å². The molecule has 5 heteroatoms. The van der Waals surface area contributed by atoms with Gasteiger partial charge in [-0.05, 0) is 29.7 Å². The number of halogens is 1. The summed E-state index contributed by atoms with van der Waals surface area (Å²) in [6.45, 7) is 1.56. The Morgan fingerprint density at radius 1 is 1.22 bits per heavy atom. The Balaban J connectivity index is 2.08. The maximum absolute atomic E-state index is 11.9. The number of fused-ring (bicyclic) bond motifs is 1. The highest BCUT2D eigenvalue weighted by molar-refractivity contribution is 6.31. The molecule has 0 radical (unpaired) electrons. The van der Waals surface area contributed by atoms with E-state index in [0.717, 1.165) is 10.9 Å². The molecule has 0 saturated carbocycles. The van der Waals surface area contributed by atoms with Gasteiger partial charge < -0.3 is 14.0 Å². The number of ether oxygens (including phenoxy) is 2. The third-order valence-corrected chi connectivity index (χ3v) is 3.21. The van der Waals surface area contributed by atoms with Crippen molar-refractivity contribution >= 4 is 22.5 Å². The molecule has 0 bridgehead atoms. The summed E-state index contributed by atoms with van der Waals surface area (Å²) >= 11 is 5.94. The molecule has 0 spiro atoms. The van der Waals surface area contributed by atoms with Gasteiger partial charge in [0.25, 0.3) is 5.56 Å². The van der Waals surface area contributed by atoms with Gasteiger partial charge in [0.15, 0.2) is 6.29 Å². The first-order chi connectivity index (χ1) is 8.74. The van der Waals surface area contributed by atoms with E-state index in [1.54, 1.807) is 16.7 Å². The van der Waals surface area contributed by atoms with Gasteiger partial charge in [-0.15, -0.1) is 0 Å². The van der Waals surface area contributed by atoms with Crippen LogP contribution in [0.4, 0.5) is 0 Å². The van der Waals surface area contributed by atoms with Crippen molar-refractivity contribution in [2.75, 3.05) is 13.2 Å². The van der Waals surface area contributed by atoms with Crippen LogP contribution < -0.4 is 5.56 Å². The highest BCUT2D eigenvalue weighted by atomic mass is 35.5. The van der Waals surface area contributed by atoms with Gasteiger partial charge in [0, 0.05) is 11.1 Å². The molecule has 4 nitrogen and oxygen atoms in total. The van der Waals surface area contributed by atoms with Crippen LogP contribution in [0.15, 0.2) is 35.1 Å². The van der Waals surface area contributed by atoms with Gasteiger partial charge in [0.1, 0.15) is 0 Å². The number of rotatable bonds is 2. The average Bonchev–Trinajstić information content (AvgIpc) is 2.86. The summed E-state index contributed by atoms with van der Waals surface area (Å²) in [5.74, 6) is 0. The predicted octanol–water partition coefficient (Wildman–Crippen LogP) is 2.03. The fraction of sp³-hybridized carbons (Fsp3) is 0.308. The van der Waals surface area contributed by atoms with Crippen molar-refractivity contribution in [3.05, 3.63) is 45.7 Å². The van der Waals surface area contributed by atoms with Gasteiger partial charge in [-0.1, -0.05) is 11.6 Å². The van der Waals surface area contributed by atoms with Crippen molar-refractivity contribution in [1.29, 1.82) is 0 Å². The molecule has 94 valence electrons. The van der Waals surface area contributed by atoms with Crippen molar-refractivity contribution < 1.29 is 9.47 Å².